The van der Waals surface area contributed by atoms with Crippen LogP contribution in [0.3, 0.4) is 0 Å². The second-order valence-electron chi connectivity index (χ2n) is 5.34. The topological polar surface area (TPSA) is 65.7 Å². The second kappa shape index (κ2) is 6.39. The molecule has 0 aliphatic heterocycles. The molecular formula is C14H18ClN5O. The first-order chi connectivity index (χ1) is 10.2. The van der Waals surface area contributed by atoms with E-state index in [2.05, 4.69) is 26.9 Å². The van der Waals surface area contributed by atoms with E-state index in [1.165, 1.54) is 19.3 Å². The first-order valence-electron chi connectivity index (χ1n) is 7.31. The summed E-state index contributed by atoms with van der Waals surface area (Å²) in [5.41, 5.74) is 0. The van der Waals surface area contributed by atoms with Gasteiger partial charge in [0.05, 0.1) is 0 Å². The zero-order valence-corrected chi connectivity index (χ0v) is 12.7. The number of hydrogen-bond donors (Lipinski definition) is 0. The maximum absolute atomic E-state index is 5.96. The van der Waals surface area contributed by atoms with Crippen molar-refractivity contribution in [3.8, 4) is 12.0 Å². The van der Waals surface area contributed by atoms with Gasteiger partial charge in [0.1, 0.15) is 12.4 Å². The van der Waals surface area contributed by atoms with Gasteiger partial charge in [0.25, 0.3) is 0 Å². The lowest BCUT2D eigenvalue weighted by Gasteiger charge is -2.28. The Bertz CT molecular complexity index is 589. The van der Waals surface area contributed by atoms with E-state index in [1.807, 2.05) is 0 Å². The lowest BCUT2D eigenvalue weighted by molar-refractivity contribution is 0.111. The van der Waals surface area contributed by atoms with Crippen molar-refractivity contribution in [3.63, 3.8) is 0 Å². The quantitative estimate of drug-likeness (QED) is 0.868. The Hall–Kier alpha value is -1.69. The molecule has 21 heavy (non-hydrogen) atoms. The molecule has 2 atom stereocenters. The van der Waals surface area contributed by atoms with Crippen molar-refractivity contribution in [1.29, 1.82) is 0 Å². The molecule has 112 valence electrons. The van der Waals surface area contributed by atoms with Crippen molar-refractivity contribution in [2.45, 2.75) is 45.1 Å². The molecule has 2 aromatic heterocycles. The fourth-order valence-electron chi connectivity index (χ4n) is 2.74. The third-order valence-electron chi connectivity index (χ3n) is 3.90. The van der Waals surface area contributed by atoms with E-state index in [4.69, 9.17) is 16.3 Å². The monoisotopic (exact) mass is 307 g/mol. The maximum atomic E-state index is 5.96. The molecule has 1 saturated carbocycles. The normalized spacial score (nSPS) is 22.2. The molecule has 0 saturated heterocycles. The van der Waals surface area contributed by atoms with Gasteiger partial charge in [-0.25, -0.2) is 4.98 Å². The van der Waals surface area contributed by atoms with Gasteiger partial charge in [0.2, 0.25) is 11.2 Å². The fraction of sp³-hybridized carbons (Fsp3) is 0.571. The molecule has 1 fully saturated rings. The third kappa shape index (κ3) is 3.50. The molecule has 6 nitrogen and oxygen atoms in total. The molecule has 2 heterocycles. The van der Waals surface area contributed by atoms with Gasteiger partial charge in [-0.15, -0.1) is 0 Å². The van der Waals surface area contributed by atoms with Gasteiger partial charge in [-0.3, -0.25) is 4.57 Å². The summed E-state index contributed by atoms with van der Waals surface area (Å²) < 4.78 is 7.60. The highest BCUT2D eigenvalue weighted by molar-refractivity contribution is 6.28. The van der Waals surface area contributed by atoms with E-state index >= 15 is 0 Å². The molecule has 0 bridgehead atoms. The summed E-state index contributed by atoms with van der Waals surface area (Å²) in [4.78, 5) is 16.5. The van der Waals surface area contributed by atoms with E-state index in [0.717, 1.165) is 18.8 Å². The largest absolute Gasteiger partial charge is 0.460 e. The summed E-state index contributed by atoms with van der Waals surface area (Å²) >= 11 is 5.96. The predicted octanol–water partition coefficient (Wildman–Crippen LogP) is 3.06. The molecule has 2 unspecified atom stereocenters. The summed E-state index contributed by atoms with van der Waals surface area (Å²) in [6.07, 6.45) is 11.0. The van der Waals surface area contributed by atoms with E-state index < -0.39 is 0 Å². The van der Waals surface area contributed by atoms with Gasteiger partial charge in [0.15, 0.2) is 0 Å². The highest BCUT2D eigenvalue weighted by Gasteiger charge is 2.23. The molecule has 0 amide bonds. The van der Waals surface area contributed by atoms with Crippen molar-refractivity contribution < 1.29 is 4.74 Å². The lowest BCUT2D eigenvalue weighted by atomic mass is 9.86. The molecule has 0 radical (unpaired) electrons. The van der Waals surface area contributed by atoms with Gasteiger partial charge in [0, 0.05) is 12.4 Å². The maximum Gasteiger partial charge on any atom is 0.322 e. The van der Waals surface area contributed by atoms with Crippen LogP contribution >= 0.6 is 11.6 Å². The smallest absolute Gasteiger partial charge is 0.322 e. The van der Waals surface area contributed by atoms with Crippen LogP contribution < -0.4 is 4.74 Å². The Kier molecular flexibility index (Phi) is 4.34. The molecule has 7 heteroatoms. The Morgan fingerprint density at radius 3 is 3.00 bits per heavy atom. The minimum Gasteiger partial charge on any atom is -0.460 e. The fourth-order valence-corrected chi connectivity index (χ4v) is 2.88. The Morgan fingerprint density at radius 2 is 2.24 bits per heavy atom. The molecular weight excluding hydrogens is 290 g/mol. The summed E-state index contributed by atoms with van der Waals surface area (Å²) in [5.74, 6) is 1.15. The standard InChI is InChI=1S/C14H18ClN5O/c1-2-10-4-3-5-11(8-10)21-14-18-12(15)17-13(19-14)20-7-6-16-9-20/h6-7,9-11H,2-5,8H2,1H3. The zero-order chi connectivity index (χ0) is 14.7. The van der Waals surface area contributed by atoms with Gasteiger partial charge in [-0.05, 0) is 36.8 Å². The van der Waals surface area contributed by atoms with Crippen LogP contribution in [0.2, 0.25) is 5.28 Å². The van der Waals surface area contributed by atoms with Gasteiger partial charge >= 0.3 is 6.01 Å². The number of hydrogen-bond acceptors (Lipinski definition) is 5. The molecule has 3 rings (SSSR count). The first-order valence-corrected chi connectivity index (χ1v) is 7.69. The van der Waals surface area contributed by atoms with Crippen LogP contribution in [0.25, 0.3) is 5.95 Å². The van der Waals surface area contributed by atoms with E-state index in [9.17, 15) is 0 Å². The Labute approximate surface area is 128 Å². The van der Waals surface area contributed by atoms with E-state index in [0.29, 0.717) is 12.0 Å². The zero-order valence-electron chi connectivity index (χ0n) is 11.9. The number of imidazole rings is 1. The van der Waals surface area contributed by atoms with Crippen molar-refractivity contribution >= 4 is 11.6 Å². The van der Waals surface area contributed by atoms with Crippen LogP contribution in [-0.2, 0) is 0 Å². The van der Waals surface area contributed by atoms with Crippen molar-refractivity contribution in [3.05, 3.63) is 24.0 Å². The summed E-state index contributed by atoms with van der Waals surface area (Å²) in [6.45, 7) is 2.23. The molecule has 0 spiro atoms. The van der Waals surface area contributed by atoms with Gasteiger partial charge in [-0.1, -0.05) is 19.8 Å². The first kappa shape index (κ1) is 14.3. The van der Waals surface area contributed by atoms with Crippen molar-refractivity contribution in [2.75, 3.05) is 0 Å². The van der Waals surface area contributed by atoms with Gasteiger partial charge in [-0.2, -0.15) is 15.0 Å². The van der Waals surface area contributed by atoms with Crippen LogP contribution in [0.4, 0.5) is 0 Å². The number of ether oxygens (including phenoxy) is 1. The molecule has 1 aliphatic carbocycles. The van der Waals surface area contributed by atoms with E-state index in [-0.39, 0.29) is 11.4 Å². The lowest BCUT2D eigenvalue weighted by Crippen LogP contribution is -2.26. The van der Waals surface area contributed by atoms with Crippen LogP contribution in [0, 0.1) is 5.92 Å². The average Bonchev–Trinajstić information content (AvgIpc) is 3.01. The molecule has 2 aromatic rings. The van der Waals surface area contributed by atoms with Crippen LogP contribution in [0.1, 0.15) is 39.0 Å². The van der Waals surface area contributed by atoms with Crippen molar-refractivity contribution in [2.24, 2.45) is 5.92 Å². The number of halogens is 1. The summed E-state index contributed by atoms with van der Waals surface area (Å²) in [7, 11) is 0. The number of nitrogens with zero attached hydrogens (tertiary/aromatic N) is 5. The highest BCUT2D eigenvalue weighted by Crippen LogP contribution is 2.29. The minimum absolute atomic E-state index is 0.131. The Balaban J connectivity index is 1.76. The predicted molar refractivity (Wildman–Crippen MR) is 78.6 cm³/mol. The number of rotatable bonds is 4. The van der Waals surface area contributed by atoms with Crippen LogP contribution in [0.5, 0.6) is 6.01 Å². The molecule has 1 aliphatic rings. The van der Waals surface area contributed by atoms with Gasteiger partial charge < -0.3 is 4.74 Å². The Morgan fingerprint density at radius 1 is 1.33 bits per heavy atom. The number of aromatic nitrogens is 5. The third-order valence-corrected chi connectivity index (χ3v) is 4.06. The highest BCUT2D eigenvalue weighted by atomic mass is 35.5. The van der Waals surface area contributed by atoms with Crippen LogP contribution in [0.15, 0.2) is 18.7 Å². The van der Waals surface area contributed by atoms with E-state index in [1.54, 1.807) is 23.3 Å². The minimum atomic E-state index is 0.131. The second-order valence-corrected chi connectivity index (χ2v) is 5.68. The average molecular weight is 308 g/mol. The molecule has 0 aromatic carbocycles. The molecule has 0 N–H and O–H groups in total. The SMILES string of the molecule is CCC1CCCC(Oc2nc(Cl)nc(-n3ccnc3)n2)C1. The van der Waals surface area contributed by atoms with Crippen LogP contribution in [-0.4, -0.2) is 30.6 Å². The van der Waals surface area contributed by atoms with Crippen molar-refractivity contribution in [1.82, 2.24) is 24.5 Å². The summed E-state index contributed by atoms with van der Waals surface area (Å²) in [6, 6.07) is 0.292. The summed E-state index contributed by atoms with van der Waals surface area (Å²) in [5, 5.41) is 0.131.